The molecule has 3 nitrogen and oxygen atoms in total. The summed E-state index contributed by atoms with van der Waals surface area (Å²) < 4.78 is 0. The molecule has 1 aliphatic rings. The minimum absolute atomic E-state index is 0.0787. The van der Waals surface area contributed by atoms with Gasteiger partial charge in [0, 0.05) is 12.1 Å². The minimum Gasteiger partial charge on any atom is -0.391 e. The van der Waals surface area contributed by atoms with Gasteiger partial charge < -0.3 is 16.6 Å². The maximum absolute atomic E-state index is 8.96. The van der Waals surface area contributed by atoms with Crippen LogP contribution in [0.1, 0.15) is 12.8 Å². The maximum atomic E-state index is 8.96. The first-order valence-electron chi connectivity index (χ1n) is 2.89. The summed E-state index contributed by atoms with van der Waals surface area (Å²) in [6, 6.07) is 0.0463. The molecule has 1 fully saturated rings. The highest BCUT2D eigenvalue weighted by atomic mass is 16.3. The van der Waals surface area contributed by atoms with Crippen LogP contribution in [0.2, 0.25) is 0 Å². The largest absolute Gasteiger partial charge is 0.391 e. The third-order valence-corrected chi connectivity index (χ3v) is 1.61. The summed E-state index contributed by atoms with van der Waals surface area (Å²) in [6.45, 7) is 0. The monoisotopic (exact) mass is 116 g/mol. The van der Waals surface area contributed by atoms with Gasteiger partial charge in [0.1, 0.15) is 0 Å². The SMILES string of the molecule is N[C@H]1CC(O)[C@@H](N)C1. The van der Waals surface area contributed by atoms with E-state index >= 15 is 0 Å². The average molecular weight is 116 g/mol. The van der Waals surface area contributed by atoms with Gasteiger partial charge >= 0.3 is 0 Å². The van der Waals surface area contributed by atoms with Gasteiger partial charge in [0.05, 0.1) is 6.10 Å². The third-order valence-electron chi connectivity index (χ3n) is 1.61. The minimum atomic E-state index is -0.356. The van der Waals surface area contributed by atoms with Crippen LogP contribution in [0.5, 0.6) is 0 Å². The molecule has 0 spiro atoms. The summed E-state index contributed by atoms with van der Waals surface area (Å²) in [5.74, 6) is 0. The lowest BCUT2D eigenvalue weighted by Gasteiger charge is -2.04. The summed E-state index contributed by atoms with van der Waals surface area (Å²) in [5.41, 5.74) is 10.9. The van der Waals surface area contributed by atoms with Gasteiger partial charge in [-0.25, -0.2) is 0 Å². The van der Waals surface area contributed by atoms with E-state index in [4.69, 9.17) is 16.6 Å². The molecule has 8 heavy (non-hydrogen) atoms. The number of hydrogen-bond acceptors (Lipinski definition) is 3. The van der Waals surface area contributed by atoms with Gasteiger partial charge in [-0.2, -0.15) is 0 Å². The van der Waals surface area contributed by atoms with Gasteiger partial charge in [0.15, 0.2) is 0 Å². The number of aliphatic hydroxyl groups is 1. The lowest BCUT2D eigenvalue weighted by molar-refractivity contribution is 0.164. The van der Waals surface area contributed by atoms with Crippen LogP contribution < -0.4 is 11.5 Å². The molecule has 0 bridgehead atoms. The van der Waals surface area contributed by atoms with Crippen LogP contribution in [0.25, 0.3) is 0 Å². The maximum Gasteiger partial charge on any atom is 0.0706 e. The van der Waals surface area contributed by atoms with E-state index in [2.05, 4.69) is 0 Å². The first-order chi connectivity index (χ1) is 3.70. The van der Waals surface area contributed by atoms with E-state index in [1.54, 1.807) is 0 Å². The molecule has 0 aromatic rings. The summed E-state index contributed by atoms with van der Waals surface area (Å²) in [4.78, 5) is 0. The molecule has 0 radical (unpaired) electrons. The van der Waals surface area contributed by atoms with E-state index in [1.807, 2.05) is 0 Å². The third kappa shape index (κ3) is 0.992. The molecule has 0 heterocycles. The Morgan fingerprint density at radius 2 is 1.88 bits per heavy atom. The summed E-state index contributed by atoms with van der Waals surface area (Å²) >= 11 is 0. The summed E-state index contributed by atoms with van der Waals surface area (Å²) in [7, 11) is 0. The zero-order valence-electron chi connectivity index (χ0n) is 4.75. The Morgan fingerprint density at radius 1 is 1.25 bits per heavy atom. The van der Waals surface area contributed by atoms with E-state index in [-0.39, 0.29) is 18.2 Å². The van der Waals surface area contributed by atoms with Crippen LogP contribution >= 0.6 is 0 Å². The predicted octanol–water partition coefficient (Wildman–Crippen LogP) is -1.20. The van der Waals surface area contributed by atoms with Crippen LogP contribution in [0.3, 0.4) is 0 Å². The van der Waals surface area contributed by atoms with Crippen LogP contribution in [0.15, 0.2) is 0 Å². The van der Waals surface area contributed by atoms with E-state index < -0.39 is 0 Å². The molecule has 1 saturated carbocycles. The van der Waals surface area contributed by atoms with Crippen LogP contribution in [-0.2, 0) is 0 Å². The predicted molar refractivity (Wildman–Crippen MR) is 31.2 cm³/mol. The molecule has 48 valence electrons. The molecular weight excluding hydrogens is 104 g/mol. The normalized spacial score (nSPS) is 47.6. The highest BCUT2D eigenvalue weighted by Gasteiger charge is 2.27. The number of nitrogens with two attached hydrogens (primary N) is 2. The second-order valence-corrected chi connectivity index (χ2v) is 2.46. The van der Waals surface area contributed by atoms with Crippen molar-refractivity contribution in [1.29, 1.82) is 0 Å². The lowest BCUT2D eigenvalue weighted by atomic mass is 10.2. The molecule has 0 aromatic heterocycles. The van der Waals surface area contributed by atoms with Gasteiger partial charge in [0.2, 0.25) is 0 Å². The Hall–Kier alpha value is -0.120. The summed E-state index contributed by atoms with van der Waals surface area (Å²) in [5, 5.41) is 8.96. The summed E-state index contributed by atoms with van der Waals surface area (Å²) in [6.07, 6.45) is 1.08. The van der Waals surface area contributed by atoms with Gasteiger partial charge in [-0.1, -0.05) is 0 Å². The molecule has 3 heteroatoms. The Morgan fingerprint density at radius 3 is 2.00 bits per heavy atom. The van der Waals surface area contributed by atoms with Crippen molar-refractivity contribution in [2.75, 3.05) is 0 Å². The molecule has 0 aromatic carbocycles. The van der Waals surface area contributed by atoms with Gasteiger partial charge in [-0.05, 0) is 12.8 Å². The van der Waals surface area contributed by atoms with Gasteiger partial charge in [-0.15, -0.1) is 0 Å². The standard InChI is InChI=1S/C5H12N2O/c6-3-1-4(7)5(8)2-3/h3-5,8H,1-2,6-7H2/t3-,4+,5?/m1/s1. The molecule has 0 saturated heterocycles. The molecule has 5 N–H and O–H groups in total. The van der Waals surface area contributed by atoms with Crippen molar-refractivity contribution in [1.82, 2.24) is 0 Å². The second-order valence-electron chi connectivity index (χ2n) is 2.46. The fourth-order valence-electron chi connectivity index (χ4n) is 1.09. The molecule has 0 amide bonds. The van der Waals surface area contributed by atoms with Crippen molar-refractivity contribution < 1.29 is 5.11 Å². The smallest absolute Gasteiger partial charge is 0.0706 e. The zero-order valence-corrected chi connectivity index (χ0v) is 4.75. The van der Waals surface area contributed by atoms with Gasteiger partial charge in [0.25, 0.3) is 0 Å². The van der Waals surface area contributed by atoms with Crippen molar-refractivity contribution in [2.24, 2.45) is 11.5 Å². The van der Waals surface area contributed by atoms with Gasteiger partial charge in [-0.3, -0.25) is 0 Å². The van der Waals surface area contributed by atoms with Crippen molar-refractivity contribution in [2.45, 2.75) is 31.0 Å². The van der Waals surface area contributed by atoms with Crippen molar-refractivity contribution in [3.05, 3.63) is 0 Å². The number of rotatable bonds is 0. The molecule has 1 aliphatic carbocycles. The first-order valence-corrected chi connectivity index (χ1v) is 2.89. The zero-order chi connectivity index (χ0) is 6.15. The molecular formula is C5H12N2O. The average Bonchev–Trinajstić information content (AvgIpc) is 1.85. The fraction of sp³-hybridized carbons (Fsp3) is 1.00. The second kappa shape index (κ2) is 2.01. The van der Waals surface area contributed by atoms with Crippen LogP contribution in [0.4, 0.5) is 0 Å². The van der Waals surface area contributed by atoms with E-state index in [9.17, 15) is 0 Å². The van der Waals surface area contributed by atoms with Crippen LogP contribution in [-0.4, -0.2) is 23.3 Å². The lowest BCUT2D eigenvalue weighted by Crippen LogP contribution is -2.28. The fourth-order valence-corrected chi connectivity index (χ4v) is 1.09. The van der Waals surface area contributed by atoms with E-state index in [0.717, 1.165) is 6.42 Å². The first kappa shape index (κ1) is 6.01. The Labute approximate surface area is 48.7 Å². The highest BCUT2D eigenvalue weighted by molar-refractivity contribution is 4.87. The van der Waals surface area contributed by atoms with Crippen molar-refractivity contribution in [3.8, 4) is 0 Å². The topological polar surface area (TPSA) is 72.3 Å². The van der Waals surface area contributed by atoms with Crippen molar-refractivity contribution in [3.63, 3.8) is 0 Å². The quantitative estimate of drug-likeness (QED) is 0.372. The molecule has 1 unspecified atom stereocenters. The van der Waals surface area contributed by atoms with Crippen molar-refractivity contribution >= 4 is 0 Å². The Bertz CT molecular complexity index is 76.5. The number of hydrogen-bond donors (Lipinski definition) is 3. The Balaban J connectivity index is 2.39. The van der Waals surface area contributed by atoms with E-state index in [1.165, 1.54) is 0 Å². The molecule has 1 rings (SSSR count). The number of aliphatic hydroxyl groups excluding tert-OH is 1. The highest BCUT2D eigenvalue weighted by Crippen LogP contribution is 2.15. The Kier molecular flexibility index (Phi) is 1.51. The molecule has 3 atom stereocenters. The van der Waals surface area contributed by atoms with E-state index in [0.29, 0.717) is 6.42 Å². The molecule has 0 aliphatic heterocycles. The van der Waals surface area contributed by atoms with Crippen LogP contribution in [0, 0.1) is 0 Å².